The normalized spacial score (nSPS) is 17.9. The van der Waals surface area contributed by atoms with Gasteiger partial charge in [0, 0.05) is 43.9 Å². The highest BCUT2D eigenvalue weighted by Crippen LogP contribution is 2.14. The number of aromatic nitrogens is 4. The first-order valence-corrected chi connectivity index (χ1v) is 9.16. The lowest BCUT2D eigenvalue weighted by Gasteiger charge is -2.26. The van der Waals surface area contributed by atoms with E-state index in [-0.39, 0.29) is 17.9 Å². The van der Waals surface area contributed by atoms with E-state index in [1.165, 1.54) is 10.8 Å². The molecule has 9 nitrogen and oxygen atoms in total. The Morgan fingerprint density at radius 1 is 1.25 bits per heavy atom. The number of carbonyl (C=O) groups excluding carboxylic acids is 2. The van der Waals surface area contributed by atoms with Crippen LogP contribution in [0.25, 0.3) is 5.78 Å². The van der Waals surface area contributed by atoms with Gasteiger partial charge in [-0.1, -0.05) is 12.1 Å². The lowest BCUT2D eigenvalue weighted by Crippen LogP contribution is -2.37. The summed E-state index contributed by atoms with van der Waals surface area (Å²) in [7, 11) is 0. The molecule has 0 unspecified atom stereocenters. The molecule has 1 saturated heterocycles. The lowest BCUT2D eigenvalue weighted by molar-refractivity contribution is -0.120. The molecule has 144 valence electrons. The number of nitrogens with one attached hydrogen (secondary N) is 2. The Kier molecular flexibility index (Phi) is 4.98. The highest BCUT2D eigenvalue weighted by atomic mass is 16.2. The van der Waals surface area contributed by atoms with Gasteiger partial charge in [0.25, 0.3) is 11.7 Å². The van der Waals surface area contributed by atoms with Crippen molar-refractivity contribution in [1.82, 2.24) is 29.8 Å². The van der Waals surface area contributed by atoms with Gasteiger partial charge in [-0.05, 0) is 30.7 Å². The molecular weight excluding hydrogens is 358 g/mol. The average molecular weight is 379 g/mol. The molecule has 0 radical (unpaired) electrons. The van der Waals surface area contributed by atoms with Crippen molar-refractivity contribution < 1.29 is 9.59 Å². The van der Waals surface area contributed by atoms with E-state index in [4.69, 9.17) is 0 Å². The summed E-state index contributed by atoms with van der Waals surface area (Å²) in [5.74, 6) is 0.797. The highest BCUT2D eigenvalue weighted by Gasteiger charge is 2.20. The smallest absolute Gasteiger partial charge is 0.256 e. The van der Waals surface area contributed by atoms with Gasteiger partial charge in [0.05, 0.1) is 0 Å². The number of hydrogen-bond donors (Lipinski definition) is 2. The van der Waals surface area contributed by atoms with Gasteiger partial charge in [-0.25, -0.2) is 4.98 Å². The maximum atomic E-state index is 12.6. The van der Waals surface area contributed by atoms with Crippen molar-refractivity contribution in [3.8, 4) is 0 Å². The van der Waals surface area contributed by atoms with Crippen LogP contribution in [0, 0.1) is 0 Å². The molecule has 0 bridgehead atoms. The van der Waals surface area contributed by atoms with Crippen LogP contribution in [0.4, 0.5) is 5.82 Å². The second-order valence-corrected chi connectivity index (χ2v) is 6.83. The molecule has 0 spiro atoms. The summed E-state index contributed by atoms with van der Waals surface area (Å²) in [5, 5.41) is 9.81. The van der Waals surface area contributed by atoms with Crippen LogP contribution < -0.4 is 10.6 Å². The van der Waals surface area contributed by atoms with E-state index in [9.17, 15) is 9.59 Å². The maximum Gasteiger partial charge on any atom is 0.256 e. The Labute approximate surface area is 161 Å². The number of anilines is 1. The van der Waals surface area contributed by atoms with Crippen molar-refractivity contribution >= 4 is 23.4 Å². The van der Waals surface area contributed by atoms with Crippen LogP contribution in [0.15, 0.2) is 42.9 Å². The van der Waals surface area contributed by atoms with Crippen molar-refractivity contribution in [3.63, 3.8) is 0 Å². The molecule has 2 aromatic heterocycles. The summed E-state index contributed by atoms with van der Waals surface area (Å²) in [6.45, 7) is 4.22. The largest absolute Gasteiger partial charge is 0.355 e. The van der Waals surface area contributed by atoms with E-state index in [2.05, 4.69) is 37.5 Å². The summed E-state index contributed by atoms with van der Waals surface area (Å²) in [6.07, 6.45) is 3.47. The van der Waals surface area contributed by atoms with E-state index in [1.54, 1.807) is 24.4 Å². The SMILES string of the molecule is C[C@@H]1CNC(=O)CCN1Cc1ccc(C(=O)Nc2ccnc3ncnn23)cc1. The summed E-state index contributed by atoms with van der Waals surface area (Å²) in [4.78, 5) is 34.5. The first-order chi connectivity index (χ1) is 13.6. The van der Waals surface area contributed by atoms with Crippen molar-refractivity contribution in [2.45, 2.75) is 25.9 Å². The molecule has 1 aliphatic rings. The van der Waals surface area contributed by atoms with Crippen LogP contribution >= 0.6 is 0 Å². The Morgan fingerprint density at radius 3 is 2.89 bits per heavy atom. The van der Waals surface area contributed by atoms with Gasteiger partial charge in [0.1, 0.15) is 12.1 Å². The third-order valence-electron chi connectivity index (χ3n) is 4.87. The Bertz CT molecular complexity index is 999. The second-order valence-electron chi connectivity index (χ2n) is 6.83. The molecule has 0 saturated carbocycles. The summed E-state index contributed by atoms with van der Waals surface area (Å²) in [6, 6.07) is 9.43. The number of fused-ring (bicyclic) bond motifs is 1. The van der Waals surface area contributed by atoms with Crippen LogP contribution in [0.1, 0.15) is 29.3 Å². The van der Waals surface area contributed by atoms with Gasteiger partial charge in [-0.3, -0.25) is 14.5 Å². The van der Waals surface area contributed by atoms with E-state index in [0.29, 0.717) is 30.1 Å². The Hall–Kier alpha value is -3.33. The number of benzene rings is 1. The summed E-state index contributed by atoms with van der Waals surface area (Å²) < 4.78 is 1.47. The average Bonchev–Trinajstić information content (AvgIpc) is 3.13. The third-order valence-corrected chi connectivity index (χ3v) is 4.87. The molecule has 4 rings (SSSR count). The van der Waals surface area contributed by atoms with Crippen molar-refractivity contribution in [3.05, 3.63) is 54.0 Å². The van der Waals surface area contributed by atoms with Gasteiger partial charge < -0.3 is 10.6 Å². The molecule has 1 aromatic carbocycles. The fourth-order valence-electron chi connectivity index (χ4n) is 3.20. The molecule has 2 N–H and O–H groups in total. The molecule has 3 aromatic rings. The zero-order valence-electron chi connectivity index (χ0n) is 15.5. The topological polar surface area (TPSA) is 105 Å². The Balaban J connectivity index is 1.43. The zero-order chi connectivity index (χ0) is 19.5. The quantitative estimate of drug-likeness (QED) is 0.703. The number of hydrogen-bond acceptors (Lipinski definition) is 6. The van der Waals surface area contributed by atoms with Crippen molar-refractivity contribution in [2.24, 2.45) is 0 Å². The zero-order valence-corrected chi connectivity index (χ0v) is 15.5. The van der Waals surface area contributed by atoms with Gasteiger partial charge in [-0.2, -0.15) is 14.6 Å². The third kappa shape index (κ3) is 3.84. The predicted octanol–water partition coefficient (Wildman–Crippen LogP) is 1.09. The second kappa shape index (κ2) is 7.73. The van der Waals surface area contributed by atoms with E-state index in [1.807, 2.05) is 12.1 Å². The minimum atomic E-state index is -0.229. The predicted molar refractivity (Wildman–Crippen MR) is 103 cm³/mol. The van der Waals surface area contributed by atoms with E-state index in [0.717, 1.165) is 18.7 Å². The number of rotatable bonds is 4. The van der Waals surface area contributed by atoms with Gasteiger partial charge in [0.15, 0.2) is 0 Å². The monoisotopic (exact) mass is 379 g/mol. The molecule has 3 heterocycles. The fraction of sp³-hybridized carbons (Fsp3) is 0.316. The van der Waals surface area contributed by atoms with Crippen molar-refractivity contribution in [2.75, 3.05) is 18.4 Å². The minimum Gasteiger partial charge on any atom is -0.355 e. The molecule has 1 fully saturated rings. The first-order valence-electron chi connectivity index (χ1n) is 9.16. The molecule has 2 amide bonds. The lowest BCUT2D eigenvalue weighted by atomic mass is 10.1. The van der Waals surface area contributed by atoms with Crippen molar-refractivity contribution in [1.29, 1.82) is 0 Å². The highest BCUT2D eigenvalue weighted by molar-refractivity contribution is 6.03. The first kappa shape index (κ1) is 18.1. The number of amides is 2. The van der Waals surface area contributed by atoms with Gasteiger partial charge in [0.2, 0.25) is 5.91 Å². The van der Waals surface area contributed by atoms with Crippen LogP contribution in [0.3, 0.4) is 0 Å². The van der Waals surface area contributed by atoms with Gasteiger partial charge >= 0.3 is 0 Å². The Morgan fingerprint density at radius 2 is 2.07 bits per heavy atom. The molecule has 1 atom stereocenters. The number of carbonyl (C=O) groups is 2. The molecule has 28 heavy (non-hydrogen) atoms. The summed E-state index contributed by atoms with van der Waals surface area (Å²) >= 11 is 0. The fourth-order valence-corrected chi connectivity index (χ4v) is 3.20. The van der Waals surface area contributed by atoms with Crippen LogP contribution in [0.2, 0.25) is 0 Å². The minimum absolute atomic E-state index is 0.0963. The molecular formula is C19H21N7O2. The number of nitrogens with zero attached hydrogens (tertiary/aromatic N) is 5. The summed E-state index contributed by atoms with van der Waals surface area (Å²) in [5.41, 5.74) is 1.65. The van der Waals surface area contributed by atoms with Crippen LogP contribution in [-0.2, 0) is 11.3 Å². The van der Waals surface area contributed by atoms with E-state index < -0.39 is 0 Å². The van der Waals surface area contributed by atoms with E-state index >= 15 is 0 Å². The van der Waals surface area contributed by atoms with Crippen LogP contribution in [-0.4, -0.2) is 55.4 Å². The van der Waals surface area contributed by atoms with Crippen LogP contribution in [0.5, 0.6) is 0 Å². The molecule has 9 heteroatoms. The van der Waals surface area contributed by atoms with Gasteiger partial charge in [-0.15, -0.1) is 0 Å². The maximum absolute atomic E-state index is 12.6. The standard InChI is InChI=1S/C19H21N7O2/c1-13-10-21-17(27)7-9-25(13)11-14-2-4-15(5-3-14)18(28)24-16-6-8-20-19-22-12-23-26(16)19/h2-6,8,12-13H,7,9-11H2,1H3,(H,21,27)(H,24,28)/t13-/m1/s1. The molecule has 1 aliphatic heterocycles. The molecule has 0 aliphatic carbocycles.